The highest BCUT2D eigenvalue weighted by molar-refractivity contribution is 5.87. The Balaban J connectivity index is 1.37. The van der Waals surface area contributed by atoms with Crippen molar-refractivity contribution in [1.29, 1.82) is 0 Å². The second-order valence-electron chi connectivity index (χ2n) is 13.5. The summed E-state index contributed by atoms with van der Waals surface area (Å²) in [5.41, 5.74) is 8.55. The Morgan fingerprint density at radius 1 is 0.635 bits per heavy atom. The number of likely N-dealkylation sites (N-methyl/N-ethyl adjacent to an activating group) is 2. The molecule has 4 aromatic carbocycles. The standard InChI is InChI=1S/C41H48N2O9/c1-42-14-12-22-18-30(44)32(46-4)20-26(22)28(42)16-23-10-11-31(45-3)39(49-7)37(23)52-34-19-24-17-29-35-25(13-15-43(29)2)38(48-6)41(51-9)40(50-8)36(35)27(24)21-33(34)47-5/h10-11,18-21,28-29,44H,12-17H2,1-9H3/t28-,29-/m0/s1. The lowest BCUT2D eigenvalue weighted by molar-refractivity contribution is 0.222. The van der Waals surface area contributed by atoms with Crippen LogP contribution in [-0.2, 0) is 25.7 Å². The summed E-state index contributed by atoms with van der Waals surface area (Å²) in [5.74, 6) is 5.24. The molecule has 0 bridgehead atoms. The van der Waals surface area contributed by atoms with Crippen LogP contribution in [0.1, 0.15) is 45.5 Å². The fraction of sp³-hybridized carbons (Fsp3) is 0.415. The van der Waals surface area contributed by atoms with Crippen molar-refractivity contribution >= 4 is 0 Å². The van der Waals surface area contributed by atoms with Crippen LogP contribution in [0.2, 0.25) is 0 Å². The second-order valence-corrected chi connectivity index (χ2v) is 13.5. The van der Waals surface area contributed by atoms with E-state index in [0.29, 0.717) is 52.4 Å². The number of hydrogen-bond acceptors (Lipinski definition) is 11. The van der Waals surface area contributed by atoms with Crippen molar-refractivity contribution in [2.45, 2.75) is 37.8 Å². The minimum absolute atomic E-state index is 0.0175. The van der Waals surface area contributed by atoms with Crippen molar-refractivity contribution in [2.75, 3.05) is 77.0 Å². The van der Waals surface area contributed by atoms with Gasteiger partial charge in [0.2, 0.25) is 11.5 Å². The summed E-state index contributed by atoms with van der Waals surface area (Å²) in [6.07, 6.45) is 3.01. The molecule has 0 amide bonds. The molecule has 11 nitrogen and oxygen atoms in total. The van der Waals surface area contributed by atoms with Crippen LogP contribution in [0.3, 0.4) is 0 Å². The Bertz CT molecular complexity index is 2010. The molecule has 7 rings (SSSR count). The predicted molar refractivity (Wildman–Crippen MR) is 198 cm³/mol. The number of phenolic OH excluding ortho intramolecular Hbond substituents is 1. The van der Waals surface area contributed by atoms with Gasteiger partial charge in [-0.05, 0) is 97.9 Å². The maximum Gasteiger partial charge on any atom is 0.204 e. The van der Waals surface area contributed by atoms with Crippen molar-refractivity contribution in [1.82, 2.24) is 9.80 Å². The molecule has 1 aliphatic carbocycles. The van der Waals surface area contributed by atoms with E-state index in [-0.39, 0.29) is 17.8 Å². The molecule has 2 heterocycles. The lowest BCUT2D eigenvalue weighted by Gasteiger charge is -2.41. The van der Waals surface area contributed by atoms with Crippen LogP contribution in [0.4, 0.5) is 0 Å². The van der Waals surface area contributed by atoms with Gasteiger partial charge < -0.3 is 43.0 Å². The van der Waals surface area contributed by atoms with E-state index in [2.05, 4.69) is 30.0 Å². The molecule has 52 heavy (non-hydrogen) atoms. The van der Waals surface area contributed by atoms with E-state index >= 15 is 0 Å². The number of nitrogens with zero attached hydrogens (tertiary/aromatic N) is 2. The molecule has 0 radical (unpaired) electrons. The Hall–Kier alpha value is -5.00. The van der Waals surface area contributed by atoms with E-state index in [0.717, 1.165) is 77.0 Å². The highest BCUT2D eigenvalue weighted by Crippen LogP contribution is 2.58. The quantitative estimate of drug-likeness (QED) is 0.178. The van der Waals surface area contributed by atoms with E-state index in [1.165, 1.54) is 5.56 Å². The summed E-state index contributed by atoms with van der Waals surface area (Å²) >= 11 is 0. The van der Waals surface area contributed by atoms with E-state index in [1.807, 2.05) is 30.3 Å². The third-order valence-corrected chi connectivity index (χ3v) is 11.0. The number of ether oxygens (including phenoxy) is 8. The first-order valence-corrected chi connectivity index (χ1v) is 17.5. The monoisotopic (exact) mass is 712 g/mol. The zero-order valence-corrected chi connectivity index (χ0v) is 31.5. The lowest BCUT2D eigenvalue weighted by Crippen LogP contribution is -2.36. The smallest absolute Gasteiger partial charge is 0.204 e. The van der Waals surface area contributed by atoms with Gasteiger partial charge in [-0.15, -0.1) is 0 Å². The van der Waals surface area contributed by atoms with Gasteiger partial charge in [-0.2, -0.15) is 0 Å². The molecule has 11 heteroatoms. The van der Waals surface area contributed by atoms with Crippen LogP contribution in [0.25, 0.3) is 11.1 Å². The van der Waals surface area contributed by atoms with Gasteiger partial charge in [-0.3, -0.25) is 9.80 Å². The van der Waals surface area contributed by atoms with Gasteiger partial charge in [-0.1, -0.05) is 6.07 Å². The topological polar surface area (TPSA) is 101 Å². The van der Waals surface area contributed by atoms with Crippen LogP contribution in [0, 0.1) is 0 Å². The first-order valence-electron chi connectivity index (χ1n) is 17.5. The zero-order chi connectivity index (χ0) is 36.8. The number of aromatic hydroxyl groups is 1. The molecule has 2 atom stereocenters. The van der Waals surface area contributed by atoms with Crippen molar-refractivity contribution in [3.63, 3.8) is 0 Å². The summed E-state index contributed by atoms with van der Waals surface area (Å²) in [6, 6.07) is 11.9. The molecule has 0 saturated carbocycles. The third kappa shape index (κ3) is 5.67. The molecule has 0 saturated heterocycles. The number of methoxy groups -OCH3 is 7. The lowest BCUT2D eigenvalue weighted by atomic mass is 9.76. The predicted octanol–water partition coefficient (Wildman–Crippen LogP) is 6.77. The van der Waals surface area contributed by atoms with Crippen molar-refractivity contribution < 1.29 is 43.0 Å². The Kier molecular flexibility index (Phi) is 9.67. The maximum absolute atomic E-state index is 10.6. The fourth-order valence-corrected chi connectivity index (χ4v) is 8.41. The van der Waals surface area contributed by atoms with Crippen LogP contribution in [0.15, 0.2) is 36.4 Å². The molecular weight excluding hydrogens is 664 g/mol. The van der Waals surface area contributed by atoms with E-state index in [9.17, 15) is 5.11 Å². The average molecular weight is 713 g/mol. The van der Waals surface area contributed by atoms with E-state index < -0.39 is 0 Å². The molecule has 0 unspecified atom stereocenters. The number of hydrogen-bond donors (Lipinski definition) is 1. The van der Waals surface area contributed by atoms with Gasteiger partial charge >= 0.3 is 0 Å². The van der Waals surface area contributed by atoms with Crippen molar-refractivity contribution in [3.8, 4) is 68.6 Å². The zero-order valence-electron chi connectivity index (χ0n) is 31.5. The Labute approximate surface area is 305 Å². The maximum atomic E-state index is 10.6. The first kappa shape index (κ1) is 35.4. The summed E-state index contributed by atoms with van der Waals surface area (Å²) in [5, 5.41) is 10.6. The molecule has 0 spiro atoms. The Morgan fingerprint density at radius 3 is 2.00 bits per heavy atom. The molecule has 1 N–H and O–H groups in total. The minimum Gasteiger partial charge on any atom is -0.504 e. The molecule has 2 aliphatic heterocycles. The average Bonchev–Trinajstić information content (AvgIpc) is 3.16. The van der Waals surface area contributed by atoms with Crippen LogP contribution in [0.5, 0.6) is 57.5 Å². The number of rotatable bonds is 11. The van der Waals surface area contributed by atoms with Gasteiger partial charge in [0.05, 0.1) is 49.8 Å². The first-order chi connectivity index (χ1) is 25.2. The molecule has 276 valence electrons. The summed E-state index contributed by atoms with van der Waals surface area (Å²) in [6.45, 7) is 1.72. The molecule has 0 fully saturated rings. The summed E-state index contributed by atoms with van der Waals surface area (Å²) < 4.78 is 48.2. The van der Waals surface area contributed by atoms with Crippen LogP contribution < -0.4 is 37.9 Å². The van der Waals surface area contributed by atoms with Gasteiger partial charge in [0.1, 0.15) is 0 Å². The summed E-state index contributed by atoms with van der Waals surface area (Å²) in [7, 11) is 15.7. The van der Waals surface area contributed by atoms with Gasteiger partial charge in [0.25, 0.3) is 0 Å². The summed E-state index contributed by atoms with van der Waals surface area (Å²) in [4.78, 5) is 4.71. The minimum atomic E-state index is -0.0175. The van der Waals surface area contributed by atoms with Crippen LogP contribution >= 0.6 is 0 Å². The largest absolute Gasteiger partial charge is 0.504 e. The van der Waals surface area contributed by atoms with E-state index in [4.69, 9.17) is 37.9 Å². The highest BCUT2D eigenvalue weighted by Gasteiger charge is 2.40. The molecule has 0 aromatic heterocycles. The van der Waals surface area contributed by atoms with Crippen molar-refractivity contribution in [2.24, 2.45) is 0 Å². The van der Waals surface area contributed by atoms with Gasteiger partial charge in [0.15, 0.2) is 46.0 Å². The molecule has 3 aliphatic rings. The number of fused-ring (bicyclic) bond motifs is 3. The number of benzene rings is 4. The highest BCUT2D eigenvalue weighted by atomic mass is 16.5. The van der Waals surface area contributed by atoms with E-state index in [1.54, 1.807) is 49.8 Å². The normalized spacial score (nSPS) is 17.7. The molecular formula is C41H48N2O9. The fourth-order valence-electron chi connectivity index (χ4n) is 8.41. The SMILES string of the molecule is COc1cc2c(cc1O)CCN(C)[C@H]2Cc1ccc(OC)c(OC)c1Oc1cc2c(cc1OC)-c1c(OC)c(OC)c(OC)c3c1[C@H](C2)N(C)CC3. The third-order valence-electron chi connectivity index (χ3n) is 11.0. The van der Waals surface area contributed by atoms with Gasteiger partial charge in [0, 0.05) is 41.9 Å². The second kappa shape index (κ2) is 14.2. The Morgan fingerprint density at radius 2 is 1.33 bits per heavy atom. The van der Waals surface area contributed by atoms with Gasteiger partial charge in [-0.25, -0.2) is 0 Å². The van der Waals surface area contributed by atoms with Crippen LogP contribution in [-0.4, -0.2) is 91.9 Å². The van der Waals surface area contributed by atoms with Crippen molar-refractivity contribution in [3.05, 3.63) is 69.8 Å². The molecule has 4 aromatic rings. The number of phenols is 1.